The first-order chi connectivity index (χ1) is 12.0. The van der Waals surface area contributed by atoms with E-state index in [1.165, 1.54) is 0 Å². The van der Waals surface area contributed by atoms with Gasteiger partial charge in [-0.2, -0.15) is 0 Å². The van der Waals surface area contributed by atoms with Gasteiger partial charge in [-0.15, -0.1) is 0 Å². The zero-order chi connectivity index (χ0) is 18.2. The first-order valence-electron chi connectivity index (χ1n) is 7.89. The highest BCUT2D eigenvalue weighted by Crippen LogP contribution is 2.16. The second-order valence-electron chi connectivity index (χ2n) is 5.52. The summed E-state index contributed by atoms with van der Waals surface area (Å²) in [5, 5.41) is 2.79. The van der Waals surface area contributed by atoms with Crippen molar-refractivity contribution in [2.75, 3.05) is 6.61 Å². The largest absolute Gasteiger partial charge is 0.479 e. The standard InChI is InChI=1S/C19H20BrNO4/c1-13(15-8-10-16(20)11-9-15)21-18(22)12-24-19(23)14(2)25-17-6-4-3-5-7-17/h3-11,13-14H,12H2,1-2H3,(H,21,22)/t13-,14+/m0/s1. The average Bonchev–Trinajstić information content (AvgIpc) is 2.61. The van der Waals surface area contributed by atoms with Gasteiger partial charge < -0.3 is 14.8 Å². The van der Waals surface area contributed by atoms with Gasteiger partial charge in [0, 0.05) is 4.47 Å². The normalized spacial score (nSPS) is 12.8. The lowest BCUT2D eigenvalue weighted by Gasteiger charge is -2.16. The van der Waals surface area contributed by atoms with Crippen molar-refractivity contribution in [2.24, 2.45) is 0 Å². The zero-order valence-electron chi connectivity index (χ0n) is 14.1. The third-order valence-corrected chi connectivity index (χ3v) is 4.01. The predicted octanol–water partition coefficient (Wildman–Crippen LogP) is 3.64. The van der Waals surface area contributed by atoms with Crippen LogP contribution in [0.15, 0.2) is 59.1 Å². The van der Waals surface area contributed by atoms with Crippen LogP contribution in [0.3, 0.4) is 0 Å². The van der Waals surface area contributed by atoms with E-state index in [1.54, 1.807) is 19.1 Å². The smallest absolute Gasteiger partial charge is 0.347 e. The lowest BCUT2D eigenvalue weighted by Crippen LogP contribution is -2.34. The van der Waals surface area contributed by atoms with Gasteiger partial charge in [0.05, 0.1) is 6.04 Å². The van der Waals surface area contributed by atoms with E-state index >= 15 is 0 Å². The number of benzene rings is 2. The molecule has 0 aliphatic carbocycles. The third-order valence-electron chi connectivity index (χ3n) is 3.48. The highest BCUT2D eigenvalue weighted by atomic mass is 79.9. The molecule has 2 atom stereocenters. The number of carbonyl (C=O) groups excluding carboxylic acids is 2. The average molecular weight is 406 g/mol. The molecule has 0 saturated heterocycles. The summed E-state index contributed by atoms with van der Waals surface area (Å²) in [6, 6.07) is 16.4. The van der Waals surface area contributed by atoms with Crippen LogP contribution in [0.5, 0.6) is 5.75 Å². The number of carbonyl (C=O) groups is 2. The van der Waals surface area contributed by atoms with Crippen LogP contribution in [-0.4, -0.2) is 24.6 Å². The van der Waals surface area contributed by atoms with E-state index in [1.807, 2.05) is 49.4 Å². The van der Waals surface area contributed by atoms with Crippen LogP contribution in [0, 0.1) is 0 Å². The zero-order valence-corrected chi connectivity index (χ0v) is 15.7. The second-order valence-corrected chi connectivity index (χ2v) is 6.44. The summed E-state index contributed by atoms with van der Waals surface area (Å²) in [5.74, 6) is -0.383. The molecule has 0 unspecified atom stereocenters. The van der Waals surface area contributed by atoms with Crippen LogP contribution in [0.2, 0.25) is 0 Å². The highest BCUT2D eigenvalue weighted by Gasteiger charge is 2.18. The number of hydrogen-bond acceptors (Lipinski definition) is 4. The van der Waals surface area contributed by atoms with Gasteiger partial charge in [-0.1, -0.05) is 46.3 Å². The van der Waals surface area contributed by atoms with E-state index in [4.69, 9.17) is 9.47 Å². The first kappa shape index (κ1) is 19.0. The fourth-order valence-electron chi connectivity index (χ4n) is 2.12. The minimum absolute atomic E-state index is 0.183. The van der Waals surface area contributed by atoms with Gasteiger partial charge in [0.25, 0.3) is 5.91 Å². The molecule has 1 amide bonds. The van der Waals surface area contributed by atoms with E-state index in [0.29, 0.717) is 5.75 Å². The number of halogens is 1. The molecule has 0 aliphatic heterocycles. The van der Waals surface area contributed by atoms with Crippen LogP contribution < -0.4 is 10.1 Å². The number of esters is 1. The summed E-state index contributed by atoms with van der Waals surface area (Å²) in [5.41, 5.74) is 0.962. The van der Waals surface area contributed by atoms with Crippen molar-refractivity contribution < 1.29 is 19.1 Å². The van der Waals surface area contributed by atoms with E-state index in [-0.39, 0.29) is 18.6 Å². The van der Waals surface area contributed by atoms with Crippen LogP contribution in [0.25, 0.3) is 0 Å². The van der Waals surface area contributed by atoms with Gasteiger partial charge in [0.15, 0.2) is 12.7 Å². The van der Waals surface area contributed by atoms with Gasteiger partial charge in [-0.25, -0.2) is 4.79 Å². The Morgan fingerprint density at radius 1 is 1.04 bits per heavy atom. The molecule has 0 fully saturated rings. The maximum atomic E-state index is 11.9. The number of hydrogen-bond donors (Lipinski definition) is 1. The van der Waals surface area contributed by atoms with Gasteiger partial charge >= 0.3 is 5.97 Å². The summed E-state index contributed by atoms with van der Waals surface area (Å²) < 4.78 is 11.4. The molecule has 25 heavy (non-hydrogen) atoms. The first-order valence-corrected chi connectivity index (χ1v) is 8.68. The number of para-hydroxylation sites is 1. The Morgan fingerprint density at radius 2 is 1.68 bits per heavy atom. The number of nitrogens with one attached hydrogen (secondary N) is 1. The molecule has 2 aromatic rings. The fraction of sp³-hybridized carbons (Fsp3) is 0.263. The Morgan fingerprint density at radius 3 is 2.32 bits per heavy atom. The Bertz CT molecular complexity index is 703. The van der Waals surface area contributed by atoms with E-state index in [9.17, 15) is 9.59 Å². The van der Waals surface area contributed by atoms with Gasteiger partial charge in [-0.05, 0) is 43.7 Å². The highest BCUT2D eigenvalue weighted by molar-refractivity contribution is 9.10. The number of rotatable bonds is 7. The minimum atomic E-state index is -0.793. The molecule has 0 saturated carbocycles. The van der Waals surface area contributed by atoms with E-state index < -0.39 is 12.1 Å². The molecule has 0 heterocycles. The van der Waals surface area contributed by atoms with Crippen LogP contribution >= 0.6 is 15.9 Å². The fourth-order valence-corrected chi connectivity index (χ4v) is 2.39. The molecule has 132 valence electrons. The summed E-state index contributed by atoms with van der Waals surface area (Å²) in [6.07, 6.45) is -0.793. The monoisotopic (exact) mass is 405 g/mol. The molecule has 0 bridgehead atoms. The van der Waals surface area contributed by atoms with Gasteiger partial charge in [-0.3, -0.25) is 4.79 Å². The number of ether oxygens (including phenoxy) is 2. The molecule has 1 N–H and O–H groups in total. The maximum Gasteiger partial charge on any atom is 0.347 e. The Labute approximate surface area is 155 Å². The van der Waals surface area contributed by atoms with Crippen molar-refractivity contribution >= 4 is 27.8 Å². The molecule has 0 spiro atoms. The Hall–Kier alpha value is -2.34. The molecular weight excluding hydrogens is 386 g/mol. The van der Waals surface area contributed by atoms with Crippen molar-refractivity contribution in [3.63, 3.8) is 0 Å². The van der Waals surface area contributed by atoms with Crippen molar-refractivity contribution in [1.29, 1.82) is 0 Å². The minimum Gasteiger partial charge on any atom is -0.479 e. The molecule has 5 nitrogen and oxygen atoms in total. The van der Waals surface area contributed by atoms with Crippen LogP contribution in [0.4, 0.5) is 0 Å². The maximum absolute atomic E-state index is 11.9. The molecule has 2 aromatic carbocycles. The second kappa shape index (κ2) is 9.22. The SMILES string of the molecule is C[C@H](NC(=O)COC(=O)[C@@H](C)Oc1ccccc1)c1ccc(Br)cc1. The van der Waals surface area contributed by atoms with Gasteiger partial charge in [0.2, 0.25) is 0 Å². The quantitative estimate of drug-likeness (QED) is 0.714. The molecule has 0 aromatic heterocycles. The van der Waals surface area contributed by atoms with Gasteiger partial charge in [0.1, 0.15) is 5.75 Å². The van der Waals surface area contributed by atoms with Crippen LogP contribution in [-0.2, 0) is 14.3 Å². The third kappa shape index (κ3) is 6.23. The molecule has 0 aliphatic rings. The summed E-state index contributed by atoms with van der Waals surface area (Å²) in [4.78, 5) is 23.9. The Balaban J connectivity index is 1.76. The van der Waals surface area contributed by atoms with Crippen molar-refractivity contribution in [1.82, 2.24) is 5.32 Å². The predicted molar refractivity (Wildman–Crippen MR) is 98.2 cm³/mol. The lowest BCUT2D eigenvalue weighted by atomic mass is 10.1. The molecule has 0 radical (unpaired) electrons. The van der Waals surface area contributed by atoms with E-state index in [0.717, 1.165) is 10.0 Å². The molecule has 2 rings (SSSR count). The summed E-state index contributed by atoms with van der Waals surface area (Å²) >= 11 is 3.37. The molecular formula is C19H20BrNO4. The van der Waals surface area contributed by atoms with Crippen molar-refractivity contribution in [3.05, 3.63) is 64.6 Å². The van der Waals surface area contributed by atoms with Crippen molar-refractivity contribution in [3.8, 4) is 5.75 Å². The molecule has 6 heteroatoms. The number of amides is 1. The van der Waals surface area contributed by atoms with Crippen LogP contribution in [0.1, 0.15) is 25.5 Å². The topological polar surface area (TPSA) is 64.6 Å². The summed E-state index contributed by atoms with van der Waals surface area (Å²) in [7, 11) is 0. The van der Waals surface area contributed by atoms with E-state index in [2.05, 4.69) is 21.2 Å². The van der Waals surface area contributed by atoms with Crippen molar-refractivity contribution in [2.45, 2.75) is 26.0 Å². The summed E-state index contributed by atoms with van der Waals surface area (Å²) in [6.45, 7) is 3.10. The Kier molecular flexibility index (Phi) is 7.01. The lowest BCUT2D eigenvalue weighted by molar-refractivity contribution is -0.154.